The number of nitrogens with one attached hydrogen (secondary N) is 1. The summed E-state index contributed by atoms with van der Waals surface area (Å²) >= 11 is 3.45. The van der Waals surface area contributed by atoms with Gasteiger partial charge < -0.3 is 10.4 Å². The van der Waals surface area contributed by atoms with Gasteiger partial charge in [0.15, 0.2) is 0 Å². The number of rotatable bonds is 2. The van der Waals surface area contributed by atoms with Gasteiger partial charge in [0.05, 0.1) is 5.57 Å². The summed E-state index contributed by atoms with van der Waals surface area (Å²) < 4.78 is 0.932. The van der Waals surface area contributed by atoms with Crippen molar-refractivity contribution in [1.82, 2.24) is 0 Å². The summed E-state index contributed by atoms with van der Waals surface area (Å²) in [6.45, 7) is 2.01. The topological polar surface area (TPSA) is 49.3 Å². The van der Waals surface area contributed by atoms with Crippen LogP contribution in [0.3, 0.4) is 0 Å². The van der Waals surface area contributed by atoms with E-state index >= 15 is 0 Å². The molecule has 0 unspecified atom stereocenters. The number of carbonyl (C=O) groups excluding carboxylic acids is 1. The maximum Gasteiger partial charge on any atom is 0.256 e. The Hall–Kier alpha value is -2.07. The van der Waals surface area contributed by atoms with E-state index in [1.165, 1.54) is 0 Å². The van der Waals surface area contributed by atoms with E-state index in [0.717, 1.165) is 26.9 Å². The van der Waals surface area contributed by atoms with Crippen molar-refractivity contribution in [3.05, 3.63) is 58.1 Å². The van der Waals surface area contributed by atoms with E-state index in [1.807, 2.05) is 31.2 Å². The molecule has 0 bridgehead atoms. The third-order valence-electron chi connectivity index (χ3n) is 3.58. The first-order valence-electron chi connectivity index (χ1n) is 6.74. The number of hydrogen-bond donors (Lipinski definition) is 2. The van der Waals surface area contributed by atoms with Crippen molar-refractivity contribution in [3.8, 4) is 5.75 Å². The Labute approximate surface area is 131 Å². The van der Waals surface area contributed by atoms with Gasteiger partial charge in [0.2, 0.25) is 0 Å². The minimum Gasteiger partial charge on any atom is -0.508 e. The minimum absolute atomic E-state index is 0.0942. The van der Waals surface area contributed by atoms with Crippen molar-refractivity contribution in [2.75, 3.05) is 5.32 Å². The largest absolute Gasteiger partial charge is 0.508 e. The summed E-state index contributed by atoms with van der Waals surface area (Å²) in [7, 11) is 0. The second-order valence-electron chi connectivity index (χ2n) is 4.90. The van der Waals surface area contributed by atoms with Crippen LogP contribution < -0.4 is 5.32 Å². The summed E-state index contributed by atoms with van der Waals surface area (Å²) in [6.07, 6.45) is 0.707. The lowest BCUT2D eigenvalue weighted by molar-refractivity contribution is -0.110. The molecule has 0 radical (unpaired) electrons. The number of phenols is 1. The molecule has 1 aliphatic heterocycles. The molecule has 0 atom stereocenters. The van der Waals surface area contributed by atoms with Crippen LogP contribution in [0.4, 0.5) is 5.69 Å². The third kappa shape index (κ3) is 2.47. The summed E-state index contributed by atoms with van der Waals surface area (Å²) in [5.74, 6) is 0.107. The summed E-state index contributed by atoms with van der Waals surface area (Å²) in [4.78, 5) is 12.4. The van der Waals surface area contributed by atoms with Crippen LogP contribution >= 0.6 is 15.9 Å². The quantitative estimate of drug-likeness (QED) is 0.792. The Kier molecular flexibility index (Phi) is 3.55. The average molecular weight is 344 g/mol. The highest BCUT2D eigenvalue weighted by Gasteiger charge is 2.27. The van der Waals surface area contributed by atoms with Gasteiger partial charge in [-0.25, -0.2) is 0 Å². The SMILES string of the molecule is CCC(=C1C(=O)Nc2ccc(Br)cc21)c1cccc(O)c1. The summed E-state index contributed by atoms with van der Waals surface area (Å²) in [5, 5.41) is 12.6. The highest BCUT2D eigenvalue weighted by Crippen LogP contribution is 2.39. The molecule has 0 aromatic heterocycles. The molecule has 4 heteroatoms. The Morgan fingerprint density at radius 1 is 1.24 bits per heavy atom. The molecule has 1 heterocycles. The van der Waals surface area contributed by atoms with E-state index in [0.29, 0.717) is 12.0 Å². The Balaban J connectivity index is 2.25. The van der Waals surface area contributed by atoms with Gasteiger partial charge in [-0.05, 0) is 47.9 Å². The van der Waals surface area contributed by atoms with E-state index in [9.17, 15) is 9.90 Å². The molecular weight excluding hydrogens is 330 g/mol. The second kappa shape index (κ2) is 5.37. The van der Waals surface area contributed by atoms with Crippen LogP contribution in [0.15, 0.2) is 46.9 Å². The molecule has 3 rings (SSSR count). The molecule has 3 nitrogen and oxygen atoms in total. The fraction of sp³-hybridized carbons (Fsp3) is 0.118. The van der Waals surface area contributed by atoms with Gasteiger partial charge in [-0.15, -0.1) is 0 Å². The molecule has 0 aliphatic carbocycles. The third-order valence-corrected chi connectivity index (χ3v) is 4.07. The van der Waals surface area contributed by atoms with E-state index in [1.54, 1.807) is 18.2 Å². The lowest BCUT2D eigenvalue weighted by Crippen LogP contribution is -2.05. The molecule has 1 aliphatic rings. The van der Waals surface area contributed by atoms with Crippen LogP contribution in [-0.4, -0.2) is 11.0 Å². The molecule has 0 fully saturated rings. The number of carbonyl (C=O) groups is 1. The first kappa shape index (κ1) is 13.9. The normalized spacial score (nSPS) is 15.6. The fourth-order valence-corrected chi connectivity index (χ4v) is 3.02. The second-order valence-corrected chi connectivity index (χ2v) is 5.82. The monoisotopic (exact) mass is 343 g/mol. The summed E-state index contributed by atoms with van der Waals surface area (Å²) in [6, 6.07) is 12.8. The van der Waals surface area contributed by atoms with Crippen molar-refractivity contribution in [1.29, 1.82) is 0 Å². The van der Waals surface area contributed by atoms with Gasteiger partial charge in [-0.1, -0.05) is 35.0 Å². The number of phenolic OH excluding ortho intramolecular Hbond substituents is 1. The predicted molar refractivity (Wildman–Crippen MR) is 88.0 cm³/mol. The van der Waals surface area contributed by atoms with Gasteiger partial charge in [0, 0.05) is 15.7 Å². The van der Waals surface area contributed by atoms with Crippen molar-refractivity contribution < 1.29 is 9.90 Å². The predicted octanol–water partition coefficient (Wildman–Crippen LogP) is 4.43. The average Bonchev–Trinajstić information content (AvgIpc) is 2.76. The number of amides is 1. The number of allylic oxidation sites excluding steroid dienone is 1. The van der Waals surface area contributed by atoms with Crippen LogP contribution in [0.2, 0.25) is 0 Å². The number of fused-ring (bicyclic) bond motifs is 1. The van der Waals surface area contributed by atoms with E-state index in [-0.39, 0.29) is 11.7 Å². The zero-order valence-corrected chi connectivity index (χ0v) is 13.1. The molecule has 1 amide bonds. The van der Waals surface area contributed by atoms with Crippen molar-refractivity contribution in [2.45, 2.75) is 13.3 Å². The molecule has 0 saturated heterocycles. The molecule has 0 spiro atoms. The lowest BCUT2D eigenvalue weighted by atomic mass is 9.93. The molecule has 2 aromatic carbocycles. The first-order chi connectivity index (χ1) is 10.1. The zero-order chi connectivity index (χ0) is 15.0. The van der Waals surface area contributed by atoms with Crippen molar-refractivity contribution in [3.63, 3.8) is 0 Å². The standard InChI is InChI=1S/C17H14BrNO2/c1-2-13(10-4-3-5-12(20)8-10)16-14-9-11(18)6-7-15(14)19-17(16)21/h3-9,20H,2H2,1H3,(H,19,21). The number of aromatic hydroxyl groups is 1. The van der Waals surface area contributed by atoms with Gasteiger partial charge in [0.1, 0.15) is 5.75 Å². The van der Waals surface area contributed by atoms with Crippen LogP contribution in [0, 0.1) is 0 Å². The first-order valence-corrected chi connectivity index (χ1v) is 7.53. The van der Waals surface area contributed by atoms with Crippen LogP contribution in [-0.2, 0) is 4.79 Å². The van der Waals surface area contributed by atoms with Crippen LogP contribution in [0.1, 0.15) is 24.5 Å². The highest BCUT2D eigenvalue weighted by atomic mass is 79.9. The van der Waals surface area contributed by atoms with E-state index in [2.05, 4.69) is 21.2 Å². The number of benzene rings is 2. The molecule has 2 N–H and O–H groups in total. The van der Waals surface area contributed by atoms with E-state index in [4.69, 9.17) is 0 Å². The fourth-order valence-electron chi connectivity index (χ4n) is 2.66. The van der Waals surface area contributed by atoms with E-state index < -0.39 is 0 Å². The smallest absolute Gasteiger partial charge is 0.256 e. The molecule has 0 saturated carbocycles. The minimum atomic E-state index is -0.0942. The van der Waals surface area contributed by atoms with Crippen LogP contribution in [0.25, 0.3) is 11.1 Å². The Morgan fingerprint density at radius 2 is 2.05 bits per heavy atom. The van der Waals surface area contributed by atoms with Crippen molar-refractivity contribution in [2.24, 2.45) is 0 Å². The molecule has 21 heavy (non-hydrogen) atoms. The Morgan fingerprint density at radius 3 is 2.76 bits per heavy atom. The lowest BCUT2D eigenvalue weighted by Gasteiger charge is -2.10. The summed E-state index contributed by atoms with van der Waals surface area (Å²) in [5.41, 5.74) is 4.20. The van der Waals surface area contributed by atoms with Crippen LogP contribution in [0.5, 0.6) is 5.75 Å². The maximum atomic E-state index is 12.4. The van der Waals surface area contributed by atoms with Crippen molar-refractivity contribution >= 4 is 38.7 Å². The van der Waals surface area contributed by atoms with Gasteiger partial charge in [0.25, 0.3) is 5.91 Å². The number of halogens is 1. The highest BCUT2D eigenvalue weighted by molar-refractivity contribution is 9.10. The van der Waals surface area contributed by atoms with Gasteiger partial charge in [-0.2, -0.15) is 0 Å². The Bertz CT molecular complexity index is 765. The van der Waals surface area contributed by atoms with Gasteiger partial charge >= 0.3 is 0 Å². The zero-order valence-electron chi connectivity index (χ0n) is 11.5. The van der Waals surface area contributed by atoms with Gasteiger partial charge in [-0.3, -0.25) is 4.79 Å². The molecular formula is C17H14BrNO2. The maximum absolute atomic E-state index is 12.4. The molecule has 2 aromatic rings. The number of anilines is 1. The molecule has 106 valence electrons. The number of hydrogen-bond acceptors (Lipinski definition) is 2.